The molecule has 0 aliphatic rings. The van der Waals surface area contributed by atoms with Gasteiger partial charge in [0.15, 0.2) is 0 Å². The second kappa shape index (κ2) is 6.48. The van der Waals surface area contributed by atoms with Gasteiger partial charge in [0.1, 0.15) is 11.9 Å². The van der Waals surface area contributed by atoms with Crippen molar-refractivity contribution in [1.82, 2.24) is 9.78 Å². The van der Waals surface area contributed by atoms with Crippen molar-refractivity contribution >= 4 is 23.2 Å². The van der Waals surface area contributed by atoms with Crippen molar-refractivity contribution in [3.8, 4) is 5.75 Å². The van der Waals surface area contributed by atoms with E-state index in [4.69, 9.17) is 33.7 Å². The van der Waals surface area contributed by atoms with E-state index >= 15 is 0 Å². The Morgan fingerprint density at radius 2 is 2.15 bits per heavy atom. The number of ether oxygens (including phenoxy) is 1. The Kier molecular flexibility index (Phi) is 4.91. The summed E-state index contributed by atoms with van der Waals surface area (Å²) in [6, 6.07) is 4.98. The first-order valence-electron chi connectivity index (χ1n) is 6.37. The van der Waals surface area contributed by atoms with Crippen molar-refractivity contribution < 1.29 is 4.74 Å². The van der Waals surface area contributed by atoms with Gasteiger partial charge in [-0.3, -0.25) is 4.68 Å². The summed E-state index contributed by atoms with van der Waals surface area (Å²) in [5.41, 5.74) is 7.08. The molecule has 0 spiro atoms. The fourth-order valence-electron chi connectivity index (χ4n) is 1.91. The molecule has 1 aromatic carbocycles. The molecule has 2 unspecified atom stereocenters. The molecule has 0 aliphatic carbocycles. The van der Waals surface area contributed by atoms with Crippen LogP contribution >= 0.6 is 23.2 Å². The van der Waals surface area contributed by atoms with Crippen LogP contribution < -0.4 is 10.5 Å². The molecule has 0 saturated carbocycles. The first-order valence-corrected chi connectivity index (χ1v) is 7.12. The average molecular weight is 314 g/mol. The molecule has 108 valence electrons. The topological polar surface area (TPSA) is 53.1 Å². The predicted molar refractivity (Wildman–Crippen MR) is 81.3 cm³/mol. The van der Waals surface area contributed by atoms with Gasteiger partial charge in [-0.05, 0) is 24.6 Å². The molecule has 2 atom stereocenters. The number of rotatable bonds is 5. The summed E-state index contributed by atoms with van der Waals surface area (Å²) in [6.07, 6.45) is 4.13. The van der Waals surface area contributed by atoms with E-state index in [0.29, 0.717) is 15.8 Å². The lowest BCUT2D eigenvalue weighted by Gasteiger charge is -2.24. The van der Waals surface area contributed by atoms with Crippen molar-refractivity contribution in [1.29, 1.82) is 0 Å². The highest BCUT2D eigenvalue weighted by Gasteiger charge is 2.23. The molecule has 0 amide bonds. The zero-order chi connectivity index (χ0) is 14.7. The normalized spacial score (nSPS) is 14.1. The molecule has 20 heavy (non-hydrogen) atoms. The lowest BCUT2D eigenvalue weighted by molar-refractivity contribution is 0.171. The zero-order valence-corrected chi connectivity index (χ0v) is 12.9. The zero-order valence-electron chi connectivity index (χ0n) is 11.4. The third-order valence-corrected chi connectivity index (χ3v) is 3.59. The quantitative estimate of drug-likeness (QED) is 0.917. The smallest absolute Gasteiger partial charge is 0.142 e. The summed E-state index contributed by atoms with van der Waals surface area (Å²) in [5, 5.41) is 5.20. The molecule has 1 aromatic heterocycles. The molecule has 2 aromatic rings. The van der Waals surface area contributed by atoms with Gasteiger partial charge in [0.2, 0.25) is 0 Å². The van der Waals surface area contributed by atoms with Crippen LogP contribution in [-0.4, -0.2) is 15.8 Å². The van der Waals surface area contributed by atoms with Crippen LogP contribution in [0.4, 0.5) is 0 Å². The Labute approximate surface area is 128 Å². The Balaban J connectivity index is 2.28. The Hall–Kier alpha value is -1.23. The van der Waals surface area contributed by atoms with Gasteiger partial charge in [-0.1, -0.05) is 30.1 Å². The minimum Gasteiger partial charge on any atom is -0.482 e. The van der Waals surface area contributed by atoms with Gasteiger partial charge >= 0.3 is 0 Å². The molecule has 0 saturated heterocycles. The highest BCUT2D eigenvalue weighted by Crippen LogP contribution is 2.32. The van der Waals surface area contributed by atoms with Crippen LogP contribution in [0.3, 0.4) is 0 Å². The molecule has 2 rings (SSSR count). The summed E-state index contributed by atoms with van der Waals surface area (Å²) in [7, 11) is 1.85. The minimum atomic E-state index is -0.299. The van der Waals surface area contributed by atoms with Crippen molar-refractivity contribution in [2.24, 2.45) is 12.8 Å². The van der Waals surface area contributed by atoms with Crippen LogP contribution in [0.2, 0.25) is 10.0 Å². The molecule has 0 aliphatic heterocycles. The summed E-state index contributed by atoms with van der Waals surface area (Å²) >= 11 is 12.0. The number of nitrogens with zero attached hydrogens (tertiary/aromatic N) is 2. The van der Waals surface area contributed by atoms with Crippen molar-refractivity contribution in [2.45, 2.75) is 25.5 Å². The number of aromatic nitrogens is 2. The first-order chi connectivity index (χ1) is 9.51. The predicted octanol–water partition coefficient (Wildman–Crippen LogP) is 3.58. The number of hydrogen-bond acceptors (Lipinski definition) is 3. The number of aryl methyl sites for hydroxylation is 1. The van der Waals surface area contributed by atoms with Gasteiger partial charge in [-0.25, -0.2) is 0 Å². The molecule has 0 fully saturated rings. The number of halogens is 2. The summed E-state index contributed by atoms with van der Waals surface area (Å²) in [4.78, 5) is 0. The monoisotopic (exact) mass is 313 g/mol. The molecule has 4 nitrogen and oxygen atoms in total. The van der Waals surface area contributed by atoms with Crippen LogP contribution in [0.15, 0.2) is 30.6 Å². The van der Waals surface area contributed by atoms with Crippen molar-refractivity contribution in [3.63, 3.8) is 0 Å². The maximum absolute atomic E-state index is 6.16. The Bertz CT molecular complexity index is 586. The molecule has 2 N–H and O–H groups in total. The first kappa shape index (κ1) is 15.2. The molecule has 6 heteroatoms. The molecule has 0 radical (unpaired) electrons. The second-order valence-electron chi connectivity index (χ2n) is 4.63. The van der Waals surface area contributed by atoms with Crippen molar-refractivity contribution in [2.75, 3.05) is 0 Å². The van der Waals surface area contributed by atoms with Gasteiger partial charge in [0.25, 0.3) is 0 Å². The third-order valence-electron chi connectivity index (χ3n) is 3.06. The third kappa shape index (κ3) is 3.45. The average Bonchev–Trinajstić information content (AvgIpc) is 2.83. The second-order valence-corrected chi connectivity index (χ2v) is 5.48. The summed E-state index contributed by atoms with van der Waals surface area (Å²) in [6.45, 7) is 2.01. The van der Waals surface area contributed by atoms with E-state index in [1.54, 1.807) is 29.1 Å². The van der Waals surface area contributed by atoms with E-state index in [2.05, 4.69) is 5.10 Å². The van der Waals surface area contributed by atoms with E-state index in [0.717, 1.165) is 12.0 Å². The molecular weight excluding hydrogens is 297 g/mol. The maximum Gasteiger partial charge on any atom is 0.142 e. The van der Waals surface area contributed by atoms with E-state index in [1.165, 1.54) is 0 Å². The maximum atomic E-state index is 6.16. The fraction of sp³-hybridized carbons (Fsp3) is 0.357. The largest absolute Gasteiger partial charge is 0.482 e. The molecule has 0 bridgehead atoms. The number of hydrogen-bond donors (Lipinski definition) is 1. The van der Waals surface area contributed by atoms with E-state index in [-0.39, 0.29) is 12.1 Å². The van der Waals surface area contributed by atoms with E-state index in [1.807, 2.05) is 20.2 Å². The van der Waals surface area contributed by atoms with Gasteiger partial charge < -0.3 is 10.5 Å². The van der Waals surface area contributed by atoms with Gasteiger partial charge in [-0.15, -0.1) is 0 Å². The summed E-state index contributed by atoms with van der Waals surface area (Å²) in [5.74, 6) is 0.564. The van der Waals surface area contributed by atoms with Crippen molar-refractivity contribution in [3.05, 3.63) is 46.2 Å². The lowest BCUT2D eigenvalue weighted by atomic mass is 10.0. The van der Waals surface area contributed by atoms with Crippen LogP contribution in [-0.2, 0) is 7.05 Å². The highest BCUT2D eigenvalue weighted by molar-refractivity contribution is 6.35. The molecule has 1 heterocycles. The SMILES string of the molecule is CCC(N)C(Oc1ccc(Cl)cc1Cl)c1cnn(C)c1. The lowest BCUT2D eigenvalue weighted by Crippen LogP contribution is -2.31. The highest BCUT2D eigenvalue weighted by atomic mass is 35.5. The summed E-state index contributed by atoms with van der Waals surface area (Å²) < 4.78 is 7.70. The number of nitrogens with two attached hydrogens (primary N) is 1. The van der Waals surface area contributed by atoms with E-state index in [9.17, 15) is 0 Å². The Morgan fingerprint density at radius 3 is 2.70 bits per heavy atom. The van der Waals surface area contributed by atoms with Gasteiger partial charge in [0.05, 0.1) is 11.2 Å². The van der Waals surface area contributed by atoms with Crippen LogP contribution in [0.5, 0.6) is 5.75 Å². The minimum absolute atomic E-state index is 0.147. The van der Waals surface area contributed by atoms with Crippen LogP contribution in [0.1, 0.15) is 25.0 Å². The van der Waals surface area contributed by atoms with Crippen LogP contribution in [0, 0.1) is 0 Å². The van der Waals surface area contributed by atoms with E-state index < -0.39 is 0 Å². The fourth-order valence-corrected chi connectivity index (χ4v) is 2.36. The van der Waals surface area contributed by atoms with Gasteiger partial charge in [0, 0.05) is 29.9 Å². The van der Waals surface area contributed by atoms with Crippen LogP contribution in [0.25, 0.3) is 0 Å². The standard InChI is InChI=1S/C14H17Cl2N3O/c1-3-12(17)14(9-7-18-19(2)8-9)20-13-5-4-10(15)6-11(13)16/h4-8,12,14H,3,17H2,1-2H3. The number of benzene rings is 1. The molecular formula is C14H17Cl2N3O. The van der Waals surface area contributed by atoms with Gasteiger partial charge in [-0.2, -0.15) is 5.10 Å². The Morgan fingerprint density at radius 1 is 1.40 bits per heavy atom.